The average Bonchev–Trinajstić information content (AvgIpc) is 2.13. The number of rotatable bonds is 3. The molecule has 0 spiro atoms. The highest BCUT2D eigenvalue weighted by atomic mass is 35.5. The molecule has 82 valence electrons. The summed E-state index contributed by atoms with van der Waals surface area (Å²) in [5.41, 5.74) is 2.50. The summed E-state index contributed by atoms with van der Waals surface area (Å²) in [4.78, 5) is 0. The summed E-state index contributed by atoms with van der Waals surface area (Å²) in [5.74, 6) is 0. The van der Waals surface area contributed by atoms with Gasteiger partial charge in [-0.15, -0.1) is 0 Å². The van der Waals surface area contributed by atoms with Crippen LogP contribution in [-0.4, -0.2) is 17.3 Å². The Balaban J connectivity index is 1.88. The summed E-state index contributed by atoms with van der Waals surface area (Å²) < 4.78 is 0. The number of nitrogens with one attached hydrogen (secondary N) is 1. The van der Waals surface area contributed by atoms with Crippen molar-refractivity contribution in [3.05, 3.63) is 34.3 Å². The average molecular weight is 226 g/mol. The van der Waals surface area contributed by atoms with Gasteiger partial charge >= 0.3 is 0 Å². The van der Waals surface area contributed by atoms with Crippen LogP contribution in [0.2, 0.25) is 5.02 Å². The van der Waals surface area contributed by atoms with E-state index in [2.05, 4.69) is 18.3 Å². The second-order valence-electron chi connectivity index (χ2n) is 4.27. The first-order valence-corrected chi connectivity index (χ1v) is 5.69. The number of aliphatic hydroxyl groups excluding tert-OH is 1. The van der Waals surface area contributed by atoms with Gasteiger partial charge in [-0.25, -0.2) is 0 Å². The Morgan fingerprint density at radius 1 is 1.47 bits per heavy atom. The lowest BCUT2D eigenvalue weighted by Crippen LogP contribution is -2.43. The van der Waals surface area contributed by atoms with Crippen molar-refractivity contribution in [3.8, 4) is 0 Å². The fraction of sp³-hybridized carbons (Fsp3) is 0.500. The largest absolute Gasteiger partial charge is 0.393 e. The molecule has 1 saturated carbocycles. The van der Waals surface area contributed by atoms with Crippen LogP contribution in [0.25, 0.3) is 0 Å². The van der Waals surface area contributed by atoms with Crippen molar-refractivity contribution in [1.29, 1.82) is 0 Å². The lowest BCUT2D eigenvalue weighted by Gasteiger charge is -2.32. The van der Waals surface area contributed by atoms with Crippen molar-refractivity contribution in [2.45, 2.75) is 38.5 Å². The highest BCUT2D eigenvalue weighted by molar-refractivity contribution is 6.30. The van der Waals surface area contributed by atoms with Gasteiger partial charge in [-0.1, -0.05) is 17.7 Å². The van der Waals surface area contributed by atoms with Crippen LogP contribution in [0.15, 0.2) is 18.2 Å². The highest BCUT2D eigenvalue weighted by Gasteiger charge is 2.26. The molecule has 1 aliphatic rings. The normalized spacial score (nSPS) is 25.0. The van der Waals surface area contributed by atoms with E-state index in [4.69, 9.17) is 16.7 Å². The predicted octanol–water partition coefficient (Wildman–Crippen LogP) is 2.26. The van der Waals surface area contributed by atoms with Crippen LogP contribution >= 0.6 is 11.6 Å². The number of aliphatic hydroxyl groups is 1. The minimum Gasteiger partial charge on any atom is -0.393 e. The minimum absolute atomic E-state index is 0.0891. The standard InChI is InChI=1S/C12H16ClNO/c1-8-4-10(13)3-2-9(8)7-14-11-5-12(15)6-11/h2-4,11-12,14-15H,5-7H2,1H3. The number of hydrogen-bond acceptors (Lipinski definition) is 2. The van der Waals surface area contributed by atoms with Crippen LogP contribution in [0.5, 0.6) is 0 Å². The van der Waals surface area contributed by atoms with Gasteiger partial charge < -0.3 is 10.4 Å². The third kappa shape index (κ3) is 2.71. The van der Waals surface area contributed by atoms with E-state index in [1.807, 2.05) is 12.1 Å². The van der Waals surface area contributed by atoms with Crippen molar-refractivity contribution in [2.75, 3.05) is 0 Å². The number of aryl methyl sites for hydroxylation is 1. The first-order chi connectivity index (χ1) is 7.15. The van der Waals surface area contributed by atoms with E-state index in [-0.39, 0.29) is 6.10 Å². The molecule has 3 heteroatoms. The lowest BCUT2D eigenvalue weighted by atomic mass is 9.89. The van der Waals surface area contributed by atoms with Crippen molar-refractivity contribution < 1.29 is 5.11 Å². The summed E-state index contributed by atoms with van der Waals surface area (Å²) in [6.45, 7) is 2.93. The molecule has 0 radical (unpaired) electrons. The molecule has 15 heavy (non-hydrogen) atoms. The Hall–Kier alpha value is -0.570. The van der Waals surface area contributed by atoms with E-state index in [9.17, 15) is 0 Å². The molecule has 2 N–H and O–H groups in total. The Morgan fingerprint density at radius 3 is 2.80 bits per heavy atom. The fourth-order valence-electron chi connectivity index (χ4n) is 1.87. The Kier molecular flexibility index (Phi) is 3.29. The zero-order valence-corrected chi connectivity index (χ0v) is 9.59. The van der Waals surface area contributed by atoms with E-state index in [0.717, 1.165) is 24.4 Å². The number of benzene rings is 1. The molecule has 0 aliphatic heterocycles. The molecular weight excluding hydrogens is 210 g/mol. The molecule has 0 bridgehead atoms. The monoisotopic (exact) mass is 225 g/mol. The van der Waals surface area contributed by atoms with Crippen LogP contribution in [0.4, 0.5) is 0 Å². The third-order valence-corrected chi connectivity index (χ3v) is 3.23. The first-order valence-electron chi connectivity index (χ1n) is 5.31. The summed E-state index contributed by atoms with van der Waals surface area (Å²) in [6, 6.07) is 6.44. The van der Waals surface area contributed by atoms with Gasteiger partial charge in [0, 0.05) is 17.6 Å². The Bertz CT molecular complexity index is 347. The first kappa shape index (κ1) is 10.9. The van der Waals surface area contributed by atoms with E-state index >= 15 is 0 Å². The van der Waals surface area contributed by atoms with Crippen molar-refractivity contribution >= 4 is 11.6 Å². The van der Waals surface area contributed by atoms with Gasteiger partial charge in [-0.3, -0.25) is 0 Å². The lowest BCUT2D eigenvalue weighted by molar-refractivity contribution is 0.0619. The van der Waals surface area contributed by atoms with Gasteiger partial charge in [0.05, 0.1) is 6.10 Å². The predicted molar refractivity (Wildman–Crippen MR) is 62.1 cm³/mol. The Morgan fingerprint density at radius 2 is 2.20 bits per heavy atom. The zero-order chi connectivity index (χ0) is 10.8. The number of halogens is 1. The molecule has 1 aliphatic carbocycles. The third-order valence-electron chi connectivity index (χ3n) is 3.00. The molecule has 0 saturated heterocycles. The van der Waals surface area contributed by atoms with Crippen molar-refractivity contribution in [3.63, 3.8) is 0 Å². The SMILES string of the molecule is Cc1cc(Cl)ccc1CNC1CC(O)C1. The van der Waals surface area contributed by atoms with Gasteiger partial charge in [-0.2, -0.15) is 0 Å². The van der Waals surface area contributed by atoms with Crippen molar-refractivity contribution in [1.82, 2.24) is 5.32 Å². The Labute approximate surface area is 95.3 Å². The fourth-order valence-corrected chi connectivity index (χ4v) is 2.09. The van der Waals surface area contributed by atoms with Gasteiger partial charge in [0.2, 0.25) is 0 Å². The second-order valence-corrected chi connectivity index (χ2v) is 4.71. The topological polar surface area (TPSA) is 32.3 Å². The van der Waals surface area contributed by atoms with E-state index in [1.54, 1.807) is 0 Å². The molecular formula is C12H16ClNO. The summed E-state index contributed by atoms with van der Waals surface area (Å²) >= 11 is 5.88. The molecule has 0 heterocycles. The summed E-state index contributed by atoms with van der Waals surface area (Å²) in [7, 11) is 0. The molecule has 0 atom stereocenters. The molecule has 2 rings (SSSR count). The van der Waals surface area contributed by atoms with Gasteiger partial charge in [-0.05, 0) is 43.0 Å². The van der Waals surface area contributed by atoms with Gasteiger partial charge in [0.15, 0.2) is 0 Å². The van der Waals surface area contributed by atoms with Gasteiger partial charge in [0.25, 0.3) is 0 Å². The number of hydrogen-bond donors (Lipinski definition) is 2. The van der Waals surface area contributed by atoms with Crippen LogP contribution in [0.3, 0.4) is 0 Å². The van der Waals surface area contributed by atoms with Crippen LogP contribution < -0.4 is 5.32 Å². The maximum Gasteiger partial charge on any atom is 0.0570 e. The van der Waals surface area contributed by atoms with Crippen LogP contribution in [-0.2, 0) is 6.54 Å². The molecule has 1 aromatic carbocycles. The molecule has 0 amide bonds. The summed E-state index contributed by atoms with van der Waals surface area (Å²) in [5, 5.41) is 13.4. The molecule has 1 aromatic rings. The smallest absolute Gasteiger partial charge is 0.0570 e. The van der Waals surface area contributed by atoms with Crippen molar-refractivity contribution in [2.24, 2.45) is 0 Å². The maximum absolute atomic E-state index is 9.15. The molecule has 0 aromatic heterocycles. The molecule has 1 fully saturated rings. The van der Waals surface area contributed by atoms with Crippen LogP contribution in [0, 0.1) is 6.92 Å². The highest BCUT2D eigenvalue weighted by Crippen LogP contribution is 2.21. The van der Waals surface area contributed by atoms with E-state index in [1.165, 1.54) is 11.1 Å². The van der Waals surface area contributed by atoms with E-state index < -0.39 is 0 Å². The zero-order valence-electron chi connectivity index (χ0n) is 8.83. The minimum atomic E-state index is -0.0891. The molecule has 0 unspecified atom stereocenters. The van der Waals surface area contributed by atoms with Gasteiger partial charge in [0.1, 0.15) is 0 Å². The molecule has 2 nitrogen and oxygen atoms in total. The van der Waals surface area contributed by atoms with Crippen LogP contribution in [0.1, 0.15) is 24.0 Å². The maximum atomic E-state index is 9.15. The quantitative estimate of drug-likeness (QED) is 0.827. The summed E-state index contributed by atoms with van der Waals surface area (Å²) in [6.07, 6.45) is 1.67. The second kappa shape index (κ2) is 4.52. The van der Waals surface area contributed by atoms with E-state index in [0.29, 0.717) is 6.04 Å².